The van der Waals surface area contributed by atoms with Gasteiger partial charge >= 0.3 is 0 Å². The Hall–Kier alpha value is -1.74. The quantitative estimate of drug-likeness (QED) is 0.811. The number of aromatic nitrogens is 2. The second kappa shape index (κ2) is 7.22. The van der Waals surface area contributed by atoms with Crippen molar-refractivity contribution in [2.24, 2.45) is 5.92 Å². The van der Waals surface area contributed by atoms with Crippen LogP contribution >= 0.6 is 11.3 Å². The smallest absolute Gasteiger partial charge is 0.242 e. The Morgan fingerprint density at radius 3 is 2.74 bits per heavy atom. The van der Waals surface area contributed by atoms with Crippen molar-refractivity contribution >= 4 is 27.1 Å². The normalized spacial score (nSPS) is 13.2. The lowest BCUT2D eigenvalue weighted by molar-refractivity contribution is -0.120. The fourth-order valence-corrected chi connectivity index (χ4v) is 3.50. The first kappa shape index (κ1) is 17.6. The Morgan fingerprint density at radius 1 is 1.39 bits per heavy atom. The van der Waals surface area contributed by atoms with Gasteiger partial charge in [0.25, 0.3) is 0 Å². The van der Waals surface area contributed by atoms with E-state index >= 15 is 0 Å². The van der Waals surface area contributed by atoms with Crippen LogP contribution in [-0.2, 0) is 20.4 Å². The maximum Gasteiger partial charge on any atom is 0.242 e. The standard InChI is InChI=1S/C14H19N3O4S2/c1-9(2)7-15-14(18)10(3)23(19,20)8-12-16-13(17-21-12)11-5-4-6-22-11/h4-6,9-10H,7-8H2,1-3H3,(H,15,18). The van der Waals surface area contributed by atoms with Crippen molar-refractivity contribution in [3.05, 3.63) is 23.4 Å². The van der Waals surface area contributed by atoms with E-state index in [-0.39, 0.29) is 11.8 Å². The number of hydrogen-bond acceptors (Lipinski definition) is 7. The molecule has 0 radical (unpaired) electrons. The molecule has 0 bridgehead atoms. The number of hydrogen-bond donors (Lipinski definition) is 1. The summed E-state index contributed by atoms with van der Waals surface area (Å²) in [5, 5.41) is 7.08. The summed E-state index contributed by atoms with van der Waals surface area (Å²) in [7, 11) is -3.72. The summed E-state index contributed by atoms with van der Waals surface area (Å²) >= 11 is 1.43. The first-order valence-electron chi connectivity index (χ1n) is 7.15. The number of nitrogens with one attached hydrogen (secondary N) is 1. The third kappa shape index (κ3) is 4.61. The highest BCUT2D eigenvalue weighted by molar-refractivity contribution is 7.92. The molecular weight excluding hydrogens is 338 g/mol. The third-order valence-electron chi connectivity index (χ3n) is 3.13. The molecule has 2 aromatic heterocycles. The van der Waals surface area contributed by atoms with Crippen molar-refractivity contribution in [3.63, 3.8) is 0 Å². The third-order valence-corrected chi connectivity index (χ3v) is 5.93. The van der Waals surface area contributed by atoms with Gasteiger partial charge in [0.2, 0.25) is 17.6 Å². The maximum absolute atomic E-state index is 12.3. The van der Waals surface area contributed by atoms with Gasteiger partial charge in [-0.05, 0) is 24.3 Å². The number of carbonyl (C=O) groups is 1. The molecule has 0 fully saturated rings. The van der Waals surface area contributed by atoms with Crippen LogP contribution in [0.4, 0.5) is 0 Å². The fourth-order valence-electron chi connectivity index (χ4n) is 1.73. The molecule has 0 saturated heterocycles. The van der Waals surface area contributed by atoms with E-state index < -0.39 is 26.7 Å². The lowest BCUT2D eigenvalue weighted by atomic mass is 10.2. The number of thiophene rings is 1. The van der Waals surface area contributed by atoms with Crippen LogP contribution in [0.25, 0.3) is 10.7 Å². The molecule has 2 heterocycles. The zero-order chi connectivity index (χ0) is 17.0. The average molecular weight is 357 g/mol. The predicted octanol–water partition coefficient (Wildman–Crippen LogP) is 1.87. The van der Waals surface area contributed by atoms with E-state index in [2.05, 4.69) is 15.5 Å². The predicted molar refractivity (Wildman–Crippen MR) is 87.5 cm³/mol. The van der Waals surface area contributed by atoms with E-state index in [1.54, 1.807) is 0 Å². The minimum Gasteiger partial charge on any atom is -0.355 e. The fraction of sp³-hybridized carbons (Fsp3) is 0.500. The Bertz CT molecular complexity index is 751. The Morgan fingerprint density at radius 2 is 2.13 bits per heavy atom. The van der Waals surface area contributed by atoms with Gasteiger partial charge in [0, 0.05) is 6.54 Å². The van der Waals surface area contributed by atoms with Crippen LogP contribution in [0.3, 0.4) is 0 Å². The van der Waals surface area contributed by atoms with E-state index in [0.29, 0.717) is 12.4 Å². The summed E-state index contributed by atoms with van der Waals surface area (Å²) in [4.78, 5) is 16.8. The number of amides is 1. The molecule has 126 valence electrons. The summed E-state index contributed by atoms with van der Waals surface area (Å²) in [6.07, 6.45) is 0. The van der Waals surface area contributed by atoms with Gasteiger partial charge in [-0.1, -0.05) is 25.1 Å². The molecule has 0 aliphatic heterocycles. The van der Waals surface area contributed by atoms with E-state index in [0.717, 1.165) is 4.88 Å². The first-order chi connectivity index (χ1) is 10.8. The van der Waals surface area contributed by atoms with Gasteiger partial charge < -0.3 is 9.84 Å². The van der Waals surface area contributed by atoms with Crippen LogP contribution in [0.15, 0.2) is 22.0 Å². The first-order valence-corrected chi connectivity index (χ1v) is 9.75. The van der Waals surface area contributed by atoms with Gasteiger partial charge in [0.15, 0.2) is 9.84 Å². The summed E-state index contributed by atoms with van der Waals surface area (Å²) in [6, 6.07) is 3.66. The summed E-state index contributed by atoms with van der Waals surface area (Å²) in [5.74, 6) is -0.393. The maximum atomic E-state index is 12.3. The molecule has 0 aromatic carbocycles. The van der Waals surface area contributed by atoms with Crippen LogP contribution in [-0.4, -0.2) is 36.3 Å². The van der Waals surface area contributed by atoms with Gasteiger partial charge in [-0.3, -0.25) is 4.79 Å². The minimum atomic E-state index is -3.72. The number of carbonyl (C=O) groups excluding carboxylic acids is 1. The molecule has 1 amide bonds. The van der Waals surface area contributed by atoms with Crippen LogP contribution < -0.4 is 5.32 Å². The van der Waals surface area contributed by atoms with Gasteiger partial charge in [0.05, 0.1) is 4.88 Å². The molecule has 0 aliphatic carbocycles. The number of sulfone groups is 1. The van der Waals surface area contributed by atoms with Crippen molar-refractivity contribution in [1.82, 2.24) is 15.5 Å². The highest BCUT2D eigenvalue weighted by Gasteiger charge is 2.30. The summed E-state index contributed by atoms with van der Waals surface area (Å²) < 4.78 is 29.6. The van der Waals surface area contributed by atoms with Crippen LogP contribution in [0, 0.1) is 5.92 Å². The molecule has 2 rings (SSSR count). The topological polar surface area (TPSA) is 102 Å². The Labute approximate surface area is 139 Å². The molecule has 1 unspecified atom stereocenters. The van der Waals surface area contributed by atoms with E-state index in [1.807, 2.05) is 31.4 Å². The van der Waals surface area contributed by atoms with Crippen molar-refractivity contribution in [3.8, 4) is 10.7 Å². The van der Waals surface area contributed by atoms with Crippen LogP contribution in [0.5, 0.6) is 0 Å². The van der Waals surface area contributed by atoms with E-state index in [9.17, 15) is 13.2 Å². The molecule has 0 spiro atoms. The Kier molecular flexibility index (Phi) is 5.53. The molecule has 1 atom stereocenters. The largest absolute Gasteiger partial charge is 0.355 e. The Balaban J connectivity index is 2.04. The molecule has 0 aliphatic rings. The van der Waals surface area contributed by atoms with Crippen molar-refractivity contribution < 1.29 is 17.7 Å². The molecule has 9 heteroatoms. The second-order valence-electron chi connectivity index (χ2n) is 5.58. The van der Waals surface area contributed by atoms with Crippen molar-refractivity contribution in [2.45, 2.75) is 31.8 Å². The molecular formula is C14H19N3O4S2. The molecule has 1 N–H and O–H groups in total. The van der Waals surface area contributed by atoms with Gasteiger partial charge in [-0.15, -0.1) is 11.3 Å². The lowest BCUT2D eigenvalue weighted by Crippen LogP contribution is -2.39. The monoisotopic (exact) mass is 357 g/mol. The highest BCUT2D eigenvalue weighted by atomic mass is 32.2. The number of nitrogens with zero attached hydrogens (tertiary/aromatic N) is 2. The second-order valence-corrected chi connectivity index (χ2v) is 8.85. The van der Waals surface area contributed by atoms with Crippen molar-refractivity contribution in [1.29, 1.82) is 0 Å². The summed E-state index contributed by atoms with van der Waals surface area (Å²) in [5.41, 5.74) is 0. The van der Waals surface area contributed by atoms with Gasteiger partial charge in [-0.2, -0.15) is 4.98 Å². The summed E-state index contributed by atoms with van der Waals surface area (Å²) in [6.45, 7) is 5.66. The van der Waals surface area contributed by atoms with E-state index in [4.69, 9.17) is 4.52 Å². The van der Waals surface area contributed by atoms with Crippen LogP contribution in [0.1, 0.15) is 26.7 Å². The zero-order valence-electron chi connectivity index (χ0n) is 13.1. The average Bonchev–Trinajstić information content (AvgIpc) is 3.14. The van der Waals surface area contributed by atoms with Gasteiger partial charge in [0.1, 0.15) is 11.0 Å². The van der Waals surface area contributed by atoms with E-state index in [1.165, 1.54) is 18.3 Å². The molecule has 23 heavy (non-hydrogen) atoms. The molecule has 7 nitrogen and oxygen atoms in total. The number of rotatable bonds is 7. The SMILES string of the molecule is CC(C)CNC(=O)C(C)S(=O)(=O)Cc1nc(-c2cccs2)no1. The molecule has 2 aromatic rings. The minimum absolute atomic E-state index is 0.0168. The lowest BCUT2D eigenvalue weighted by Gasteiger charge is -2.13. The highest BCUT2D eigenvalue weighted by Crippen LogP contribution is 2.22. The zero-order valence-corrected chi connectivity index (χ0v) is 14.8. The van der Waals surface area contributed by atoms with Crippen LogP contribution in [0.2, 0.25) is 0 Å². The van der Waals surface area contributed by atoms with Gasteiger partial charge in [-0.25, -0.2) is 8.42 Å². The molecule has 0 saturated carbocycles. The van der Waals surface area contributed by atoms with Crippen molar-refractivity contribution in [2.75, 3.05) is 6.54 Å².